The van der Waals surface area contributed by atoms with E-state index in [0.717, 1.165) is 6.04 Å². The molecule has 3 nitrogen and oxygen atoms in total. The molecule has 0 N–H and O–H groups in total. The molecule has 2 atom stereocenters. The Bertz CT molecular complexity index is 277. The Balaban J connectivity index is 1.88. The summed E-state index contributed by atoms with van der Waals surface area (Å²) in [6.45, 7) is 16.8. The van der Waals surface area contributed by atoms with Gasteiger partial charge in [0.1, 0.15) is 0 Å². The minimum Gasteiger partial charge on any atom is -0.298 e. The zero-order chi connectivity index (χ0) is 14.2. The van der Waals surface area contributed by atoms with E-state index in [1.165, 1.54) is 39.0 Å². The molecule has 2 rings (SSSR count). The summed E-state index contributed by atoms with van der Waals surface area (Å²) >= 11 is 0. The summed E-state index contributed by atoms with van der Waals surface area (Å²) in [7, 11) is 2.27. The summed E-state index contributed by atoms with van der Waals surface area (Å²) in [6, 6.07) is 2.21. The fraction of sp³-hybridized carbons (Fsp3) is 1.00. The van der Waals surface area contributed by atoms with Crippen molar-refractivity contribution in [3.63, 3.8) is 0 Å². The Morgan fingerprint density at radius 2 is 1.37 bits per heavy atom. The lowest BCUT2D eigenvalue weighted by Gasteiger charge is -2.49. The maximum absolute atomic E-state index is 2.76. The number of nitrogens with zero attached hydrogens (tertiary/aromatic N) is 3. The summed E-state index contributed by atoms with van der Waals surface area (Å²) in [4.78, 5) is 7.93. The van der Waals surface area contributed by atoms with Crippen molar-refractivity contribution in [1.29, 1.82) is 0 Å². The first kappa shape index (κ1) is 15.3. The Morgan fingerprint density at radius 1 is 0.895 bits per heavy atom. The molecular weight excluding hydrogens is 234 g/mol. The van der Waals surface area contributed by atoms with Gasteiger partial charge >= 0.3 is 0 Å². The SMILES string of the molecule is C[C@@H]1CN(C2CCN(C(C)(C)C)CC2)C[C@H](C)N1C. The third-order valence-corrected chi connectivity index (χ3v) is 5.32. The van der Waals surface area contributed by atoms with Gasteiger partial charge < -0.3 is 0 Å². The third kappa shape index (κ3) is 3.50. The zero-order valence-corrected chi connectivity index (χ0v) is 13.8. The molecular formula is C16H33N3. The van der Waals surface area contributed by atoms with Gasteiger partial charge in [0.25, 0.3) is 0 Å². The average Bonchev–Trinajstić information content (AvgIpc) is 2.34. The van der Waals surface area contributed by atoms with Crippen molar-refractivity contribution in [1.82, 2.24) is 14.7 Å². The first-order valence-electron chi connectivity index (χ1n) is 8.00. The van der Waals surface area contributed by atoms with E-state index < -0.39 is 0 Å². The molecule has 0 bridgehead atoms. The molecule has 0 saturated carbocycles. The van der Waals surface area contributed by atoms with E-state index in [1.807, 2.05) is 0 Å². The maximum atomic E-state index is 2.76. The predicted molar refractivity (Wildman–Crippen MR) is 82.6 cm³/mol. The highest BCUT2D eigenvalue weighted by Crippen LogP contribution is 2.25. The van der Waals surface area contributed by atoms with Gasteiger partial charge in [0.05, 0.1) is 0 Å². The summed E-state index contributed by atoms with van der Waals surface area (Å²) in [5.74, 6) is 0. The number of likely N-dealkylation sites (tertiary alicyclic amines) is 1. The van der Waals surface area contributed by atoms with Crippen LogP contribution in [0.3, 0.4) is 0 Å². The number of hydrogen-bond donors (Lipinski definition) is 0. The van der Waals surface area contributed by atoms with Gasteiger partial charge in [-0.05, 0) is 54.5 Å². The Hall–Kier alpha value is -0.120. The van der Waals surface area contributed by atoms with Crippen LogP contribution in [0.1, 0.15) is 47.5 Å². The van der Waals surface area contributed by atoms with Crippen LogP contribution < -0.4 is 0 Å². The van der Waals surface area contributed by atoms with Crippen LogP contribution in [0.25, 0.3) is 0 Å². The highest BCUT2D eigenvalue weighted by molar-refractivity contribution is 4.90. The van der Waals surface area contributed by atoms with Crippen molar-refractivity contribution < 1.29 is 0 Å². The molecule has 3 heteroatoms. The number of rotatable bonds is 1. The van der Waals surface area contributed by atoms with Crippen molar-refractivity contribution in [3.8, 4) is 0 Å². The van der Waals surface area contributed by atoms with E-state index in [9.17, 15) is 0 Å². The fourth-order valence-corrected chi connectivity index (χ4v) is 3.65. The summed E-state index contributed by atoms with van der Waals surface area (Å²) in [5.41, 5.74) is 0.341. The van der Waals surface area contributed by atoms with Gasteiger partial charge in [-0.15, -0.1) is 0 Å². The highest BCUT2D eigenvalue weighted by Gasteiger charge is 2.34. The van der Waals surface area contributed by atoms with Crippen molar-refractivity contribution in [3.05, 3.63) is 0 Å². The molecule has 2 fully saturated rings. The quantitative estimate of drug-likeness (QED) is 0.721. The van der Waals surface area contributed by atoms with Crippen LogP contribution in [0.2, 0.25) is 0 Å². The molecule has 0 radical (unpaired) electrons. The summed E-state index contributed by atoms with van der Waals surface area (Å²) in [5, 5.41) is 0. The van der Waals surface area contributed by atoms with Gasteiger partial charge in [-0.1, -0.05) is 0 Å². The molecule has 0 amide bonds. The van der Waals surface area contributed by atoms with Crippen LogP contribution in [-0.2, 0) is 0 Å². The number of hydrogen-bond acceptors (Lipinski definition) is 3. The molecule has 2 aliphatic heterocycles. The lowest BCUT2D eigenvalue weighted by atomic mass is 9.95. The second kappa shape index (κ2) is 5.71. The van der Waals surface area contributed by atoms with Crippen LogP contribution in [0.15, 0.2) is 0 Å². The maximum Gasteiger partial charge on any atom is 0.0195 e. The normalized spacial score (nSPS) is 33.8. The largest absolute Gasteiger partial charge is 0.298 e. The molecule has 0 unspecified atom stereocenters. The molecule has 0 aromatic rings. The van der Waals surface area contributed by atoms with Crippen LogP contribution in [0.5, 0.6) is 0 Å². The van der Waals surface area contributed by atoms with Crippen molar-refractivity contribution in [2.45, 2.75) is 71.1 Å². The lowest BCUT2D eigenvalue weighted by molar-refractivity contribution is 0.000237. The first-order chi connectivity index (χ1) is 8.79. The minimum absolute atomic E-state index is 0.341. The molecule has 2 heterocycles. The van der Waals surface area contributed by atoms with Crippen LogP contribution in [0.4, 0.5) is 0 Å². The van der Waals surface area contributed by atoms with E-state index >= 15 is 0 Å². The van der Waals surface area contributed by atoms with Crippen LogP contribution in [-0.4, -0.2) is 71.6 Å². The van der Waals surface area contributed by atoms with Gasteiger partial charge in [-0.3, -0.25) is 14.7 Å². The van der Waals surface area contributed by atoms with Crippen LogP contribution in [0, 0.1) is 0 Å². The van der Waals surface area contributed by atoms with Gasteiger partial charge in [-0.25, -0.2) is 0 Å². The molecule has 0 aromatic heterocycles. The van der Waals surface area contributed by atoms with Crippen LogP contribution >= 0.6 is 0 Å². The first-order valence-corrected chi connectivity index (χ1v) is 8.00. The standard InChI is InChI=1S/C16H33N3/c1-13-11-18(12-14(2)17(13)6)15-7-9-19(10-8-15)16(3,4)5/h13-15H,7-12H2,1-6H3/t13-,14+. The third-order valence-electron chi connectivity index (χ3n) is 5.32. The molecule has 2 saturated heterocycles. The molecule has 2 aliphatic rings. The topological polar surface area (TPSA) is 9.72 Å². The number of piperidine rings is 1. The van der Waals surface area contributed by atoms with E-state index in [2.05, 4.69) is 56.4 Å². The zero-order valence-electron chi connectivity index (χ0n) is 13.8. The Kier molecular flexibility index (Phi) is 4.59. The van der Waals surface area contributed by atoms with Gasteiger partial charge in [0, 0.05) is 49.8 Å². The lowest BCUT2D eigenvalue weighted by Crippen LogP contribution is -2.59. The van der Waals surface area contributed by atoms with Gasteiger partial charge in [-0.2, -0.15) is 0 Å². The van der Waals surface area contributed by atoms with Gasteiger partial charge in [0.15, 0.2) is 0 Å². The van der Waals surface area contributed by atoms with E-state index in [0.29, 0.717) is 17.6 Å². The average molecular weight is 267 g/mol. The van der Waals surface area contributed by atoms with Crippen molar-refractivity contribution >= 4 is 0 Å². The second-order valence-electron chi connectivity index (χ2n) is 7.71. The Labute approximate surface area is 119 Å². The van der Waals surface area contributed by atoms with E-state index in [-0.39, 0.29) is 0 Å². The van der Waals surface area contributed by atoms with Gasteiger partial charge in [0.2, 0.25) is 0 Å². The fourth-order valence-electron chi connectivity index (χ4n) is 3.65. The van der Waals surface area contributed by atoms with E-state index in [4.69, 9.17) is 0 Å². The second-order valence-corrected chi connectivity index (χ2v) is 7.71. The monoisotopic (exact) mass is 267 g/mol. The van der Waals surface area contributed by atoms with E-state index in [1.54, 1.807) is 0 Å². The molecule has 0 aromatic carbocycles. The minimum atomic E-state index is 0.341. The summed E-state index contributed by atoms with van der Waals surface area (Å²) < 4.78 is 0. The molecule has 112 valence electrons. The number of piperazine rings is 1. The molecule has 19 heavy (non-hydrogen) atoms. The molecule has 0 aliphatic carbocycles. The Morgan fingerprint density at radius 3 is 1.79 bits per heavy atom. The predicted octanol–water partition coefficient (Wildman–Crippen LogP) is 2.27. The highest BCUT2D eigenvalue weighted by atomic mass is 15.3. The van der Waals surface area contributed by atoms with Crippen molar-refractivity contribution in [2.24, 2.45) is 0 Å². The summed E-state index contributed by atoms with van der Waals surface area (Å²) in [6.07, 6.45) is 2.70. The smallest absolute Gasteiger partial charge is 0.0195 e. The van der Waals surface area contributed by atoms with Crippen molar-refractivity contribution in [2.75, 3.05) is 33.2 Å². The molecule has 0 spiro atoms. The number of likely N-dealkylation sites (N-methyl/N-ethyl adjacent to an activating group) is 1.